The summed E-state index contributed by atoms with van der Waals surface area (Å²) in [6.45, 7) is 7.54. The van der Waals surface area contributed by atoms with Gasteiger partial charge >= 0.3 is 6.09 Å². The Bertz CT molecular complexity index is 473. The summed E-state index contributed by atoms with van der Waals surface area (Å²) in [5.41, 5.74) is 1.15. The Morgan fingerprint density at radius 2 is 1.95 bits per heavy atom. The van der Waals surface area contributed by atoms with Crippen molar-refractivity contribution >= 4 is 11.8 Å². The van der Waals surface area contributed by atoms with Crippen LogP contribution in [0, 0.1) is 0 Å². The van der Waals surface area contributed by atoms with Crippen molar-refractivity contribution in [3.05, 3.63) is 24.3 Å². The Hall–Kier alpha value is -1.95. The molecule has 6 nitrogen and oxygen atoms in total. The summed E-state index contributed by atoms with van der Waals surface area (Å²) in [4.78, 5) is 15.9. The molecule has 1 aromatic rings. The van der Waals surface area contributed by atoms with Gasteiger partial charge in [0.15, 0.2) is 0 Å². The molecule has 6 heteroatoms. The largest absolute Gasteiger partial charge is 0.495 e. The number of carbonyl (C=O) groups is 1. The summed E-state index contributed by atoms with van der Waals surface area (Å²) in [6.07, 6.45) is -0.338. The summed E-state index contributed by atoms with van der Waals surface area (Å²) in [5, 5.41) is 2.76. The Labute approximate surface area is 132 Å². The van der Waals surface area contributed by atoms with E-state index in [0.717, 1.165) is 44.2 Å². The third-order valence-corrected chi connectivity index (χ3v) is 3.77. The number of carbonyl (C=O) groups excluding carboxylic acids is 1. The summed E-state index contributed by atoms with van der Waals surface area (Å²) in [5.74, 6) is 0.917. The average molecular weight is 307 g/mol. The Balaban J connectivity index is 1.75. The third kappa shape index (κ3) is 4.53. The lowest BCUT2D eigenvalue weighted by molar-refractivity contribution is 0.150. The molecule has 0 aromatic heterocycles. The first-order valence-electron chi connectivity index (χ1n) is 7.75. The lowest BCUT2D eigenvalue weighted by atomic mass is 10.2. The van der Waals surface area contributed by atoms with Crippen molar-refractivity contribution in [1.29, 1.82) is 0 Å². The molecule has 122 valence electrons. The fraction of sp³-hybridized carbons (Fsp3) is 0.562. The minimum atomic E-state index is -0.338. The maximum Gasteiger partial charge on any atom is 0.407 e. The monoisotopic (exact) mass is 307 g/mol. The first kappa shape index (κ1) is 16.4. The van der Waals surface area contributed by atoms with Crippen molar-refractivity contribution in [2.75, 3.05) is 57.9 Å². The number of nitrogens with one attached hydrogen (secondary N) is 1. The van der Waals surface area contributed by atoms with Crippen LogP contribution in [0.3, 0.4) is 0 Å². The number of para-hydroxylation sites is 2. The molecule has 22 heavy (non-hydrogen) atoms. The minimum absolute atomic E-state index is 0.338. The lowest BCUT2D eigenvalue weighted by Gasteiger charge is -2.36. The van der Waals surface area contributed by atoms with Crippen LogP contribution in [-0.2, 0) is 4.74 Å². The van der Waals surface area contributed by atoms with Crippen molar-refractivity contribution in [1.82, 2.24) is 10.2 Å². The number of rotatable bonds is 6. The average Bonchev–Trinajstić information content (AvgIpc) is 2.56. The fourth-order valence-corrected chi connectivity index (χ4v) is 2.60. The van der Waals surface area contributed by atoms with Gasteiger partial charge in [-0.1, -0.05) is 12.1 Å². The molecule has 0 bridgehead atoms. The molecule has 1 saturated heterocycles. The first-order valence-corrected chi connectivity index (χ1v) is 7.75. The highest BCUT2D eigenvalue weighted by molar-refractivity contribution is 5.67. The van der Waals surface area contributed by atoms with Gasteiger partial charge in [0, 0.05) is 39.3 Å². The zero-order valence-corrected chi connectivity index (χ0v) is 13.4. The van der Waals surface area contributed by atoms with E-state index in [9.17, 15) is 4.79 Å². The topological polar surface area (TPSA) is 54.0 Å². The molecular formula is C16H25N3O3. The maximum absolute atomic E-state index is 11.2. The molecule has 0 aliphatic carbocycles. The van der Waals surface area contributed by atoms with Crippen molar-refractivity contribution in [2.24, 2.45) is 0 Å². The maximum atomic E-state index is 11.2. The van der Waals surface area contributed by atoms with E-state index >= 15 is 0 Å². The quantitative estimate of drug-likeness (QED) is 0.864. The molecule has 1 aromatic carbocycles. The number of anilines is 1. The molecule has 0 unspecified atom stereocenters. The van der Waals surface area contributed by atoms with Crippen LogP contribution in [0.4, 0.5) is 10.5 Å². The van der Waals surface area contributed by atoms with Gasteiger partial charge in [0.25, 0.3) is 0 Å². The van der Waals surface area contributed by atoms with Crippen LogP contribution in [0.5, 0.6) is 5.75 Å². The Kier molecular flexibility index (Phi) is 6.33. The number of ether oxygens (including phenoxy) is 2. The molecule has 0 spiro atoms. The number of hydrogen-bond acceptors (Lipinski definition) is 5. The van der Waals surface area contributed by atoms with E-state index in [0.29, 0.717) is 13.2 Å². The fourth-order valence-electron chi connectivity index (χ4n) is 2.60. The van der Waals surface area contributed by atoms with Gasteiger partial charge in [-0.2, -0.15) is 0 Å². The van der Waals surface area contributed by atoms with E-state index < -0.39 is 0 Å². The second-order valence-electron chi connectivity index (χ2n) is 5.15. The van der Waals surface area contributed by atoms with E-state index in [1.165, 1.54) is 0 Å². The van der Waals surface area contributed by atoms with E-state index in [1.807, 2.05) is 18.2 Å². The summed E-state index contributed by atoms with van der Waals surface area (Å²) in [7, 11) is 1.70. The highest BCUT2D eigenvalue weighted by atomic mass is 16.5. The normalized spacial score (nSPS) is 15.5. The van der Waals surface area contributed by atoms with Gasteiger partial charge in [0.2, 0.25) is 0 Å². The van der Waals surface area contributed by atoms with E-state index in [4.69, 9.17) is 9.47 Å². The van der Waals surface area contributed by atoms with Crippen LogP contribution in [0.2, 0.25) is 0 Å². The second kappa shape index (κ2) is 8.48. The van der Waals surface area contributed by atoms with E-state index in [2.05, 4.69) is 21.2 Å². The highest BCUT2D eigenvalue weighted by Crippen LogP contribution is 2.28. The Morgan fingerprint density at radius 1 is 1.23 bits per heavy atom. The third-order valence-electron chi connectivity index (χ3n) is 3.77. The summed E-state index contributed by atoms with van der Waals surface area (Å²) >= 11 is 0. The minimum Gasteiger partial charge on any atom is -0.495 e. The number of hydrogen-bond donors (Lipinski definition) is 1. The molecule has 0 radical (unpaired) electrons. The molecular weight excluding hydrogens is 282 g/mol. The van der Waals surface area contributed by atoms with Crippen molar-refractivity contribution in [3.63, 3.8) is 0 Å². The number of methoxy groups -OCH3 is 1. The molecule has 0 atom stereocenters. The van der Waals surface area contributed by atoms with Crippen LogP contribution in [0.1, 0.15) is 6.92 Å². The Morgan fingerprint density at radius 3 is 2.64 bits per heavy atom. The van der Waals surface area contributed by atoms with E-state index in [1.54, 1.807) is 14.0 Å². The SMILES string of the molecule is CCOC(=O)NCCN1CCN(c2ccccc2OC)CC1. The number of piperazine rings is 1. The molecule has 1 aliphatic heterocycles. The van der Waals surface area contributed by atoms with Crippen molar-refractivity contribution < 1.29 is 14.3 Å². The standard InChI is InChI=1S/C16H25N3O3/c1-3-22-16(20)17-8-9-18-10-12-19(13-11-18)14-6-4-5-7-15(14)21-2/h4-7H,3,8-13H2,1-2H3,(H,17,20). The smallest absolute Gasteiger partial charge is 0.407 e. The molecule has 0 saturated carbocycles. The van der Waals surface area contributed by atoms with Gasteiger partial charge in [0.1, 0.15) is 5.75 Å². The highest BCUT2D eigenvalue weighted by Gasteiger charge is 2.19. The molecule has 1 N–H and O–H groups in total. The van der Waals surface area contributed by atoms with Gasteiger partial charge in [-0.05, 0) is 19.1 Å². The first-order chi connectivity index (χ1) is 10.7. The molecule has 1 fully saturated rings. The molecule has 1 heterocycles. The summed E-state index contributed by atoms with van der Waals surface area (Å²) < 4.78 is 10.3. The van der Waals surface area contributed by atoms with Gasteiger partial charge in [-0.15, -0.1) is 0 Å². The zero-order chi connectivity index (χ0) is 15.8. The second-order valence-corrected chi connectivity index (χ2v) is 5.15. The van der Waals surface area contributed by atoms with Crippen LogP contribution < -0.4 is 15.0 Å². The molecule has 2 rings (SSSR count). The van der Waals surface area contributed by atoms with Crippen molar-refractivity contribution in [2.45, 2.75) is 6.92 Å². The van der Waals surface area contributed by atoms with Gasteiger partial charge < -0.3 is 19.7 Å². The van der Waals surface area contributed by atoms with E-state index in [-0.39, 0.29) is 6.09 Å². The summed E-state index contributed by atoms with van der Waals surface area (Å²) in [6, 6.07) is 8.11. The molecule has 1 amide bonds. The van der Waals surface area contributed by atoms with Crippen LogP contribution in [0.25, 0.3) is 0 Å². The van der Waals surface area contributed by atoms with Gasteiger partial charge in [-0.25, -0.2) is 4.79 Å². The number of benzene rings is 1. The molecule has 1 aliphatic rings. The zero-order valence-electron chi connectivity index (χ0n) is 13.4. The number of alkyl carbamates (subject to hydrolysis) is 1. The van der Waals surface area contributed by atoms with Gasteiger partial charge in [0.05, 0.1) is 19.4 Å². The number of nitrogens with zero attached hydrogens (tertiary/aromatic N) is 2. The van der Waals surface area contributed by atoms with Gasteiger partial charge in [-0.3, -0.25) is 4.90 Å². The number of amides is 1. The predicted molar refractivity (Wildman–Crippen MR) is 86.7 cm³/mol. The lowest BCUT2D eigenvalue weighted by Crippen LogP contribution is -2.48. The van der Waals surface area contributed by atoms with Crippen LogP contribution in [-0.4, -0.2) is 64.0 Å². The van der Waals surface area contributed by atoms with Crippen LogP contribution >= 0.6 is 0 Å². The van der Waals surface area contributed by atoms with Crippen LogP contribution in [0.15, 0.2) is 24.3 Å². The predicted octanol–water partition coefficient (Wildman–Crippen LogP) is 1.56. The van der Waals surface area contributed by atoms with Crippen molar-refractivity contribution in [3.8, 4) is 5.75 Å².